The van der Waals surface area contributed by atoms with Crippen LogP contribution in [0.3, 0.4) is 0 Å². The Balaban J connectivity index is 0.00000133. The molecule has 2 unspecified atom stereocenters. The molecule has 0 saturated heterocycles. The summed E-state index contributed by atoms with van der Waals surface area (Å²) in [5, 5.41) is 3.68. The average molecular weight is 379 g/mol. The lowest BCUT2D eigenvalue weighted by Crippen LogP contribution is -2.64. The molecule has 0 aromatic rings. The van der Waals surface area contributed by atoms with E-state index in [4.69, 9.17) is 4.74 Å². The second-order valence-electron chi connectivity index (χ2n) is 5.94. The van der Waals surface area contributed by atoms with Crippen LogP contribution in [0, 0.1) is 5.41 Å². The number of nitrogens with one attached hydrogen (secondary N) is 1. The van der Waals surface area contributed by atoms with E-state index in [9.17, 15) is 0 Å². The topological polar surface area (TPSA) is 36.9 Å². The van der Waals surface area contributed by atoms with E-state index >= 15 is 0 Å². The molecule has 110 valence electrons. The maximum absolute atomic E-state index is 5.94. The van der Waals surface area contributed by atoms with Gasteiger partial charge in [0.1, 0.15) is 0 Å². The number of likely N-dealkylation sites (N-methyl/N-ethyl adjacent to an activating group) is 1. The summed E-state index contributed by atoms with van der Waals surface area (Å²) in [7, 11) is 2.12. The van der Waals surface area contributed by atoms with Crippen LogP contribution in [-0.4, -0.2) is 49.7 Å². The number of nitrogens with zero attached hydrogens (tertiary/aromatic N) is 2. The lowest BCUT2D eigenvalue weighted by molar-refractivity contribution is -0.126. The fraction of sp³-hybridized carbons (Fsp3) is 0.929. The molecule has 3 aliphatic rings. The molecule has 2 fully saturated rings. The Labute approximate surface area is 133 Å². The fourth-order valence-corrected chi connectivity index (χ4v) is 3.93. The van der Waals surface area contributed by atoms with Crippen molar-refractivity contribution in [2.45, 2.75) is 51.2 Å². The number of guanidine groups is 1. The highest BCUT2D eigenvalue weighted by molar-refractivity contribution is 14.0. The molecule has 1 heterocycles. The molecule has 3 rings (SSSR count). The van der Waals surface area contributed by atoms with Crippen molar-refractivity contribution in [3.8, 4) is 0 Å². The highest BCUT2D eigenvalue weighted by Crippen LogP contribution is 2.54. The summed E-state index contributed by atoms with van der Waals surface area (Å²) in [6.45, 7) is 4.95. The summed E-state index contributed by atoms with van der Waals surface area (Å²) in [6, 6.07) is 0.579. The molecule has 0 amide bonds. The molecule has 0 aromatic heterocycles. The fourth-order valence-electron chi connectivity index (χ4n) is 3.93. The van der Waals surface area contributed by atoms with Crippen molar-refractivity contribution >= 4 is 29.9 Å². The van der Waals surface area contributed by atoms with Crippen molar-refractivity contribution in [1.82, 2.24) is 10.2 Å². The van der Waals surface area contributed by atoms with Gasteiger partial charge in [-0.15, -0.1) is 24.0 Å². The average Bonchev–Trinajstić information content (AvgIpc) is 2.99. The molecule has 1 aliphatic heterocycles. The molecule has 2 aliphatic carbocycles. The highest BCUT2D eigenvalue weighted by atomic mass is 127. The van der Waals surface area contributed by atoms with Gasteiger partial charge in [-0.05, 0) is 26.2 Å². The zero-order chi connectivity index (χ0) is 12.6. The SMILES string of the molecule is CCOC1CC(NC2=NCCN2C)C12CCCC2.I. The number of hydrogen-bond acceptors (Lipinski definition) is 4. The Morgan fingerprint density at radius 2 is 2.16 bits per heavy atom. The van der Waals surface area contributed by atoms with Gasteiger partial charge in [0.15, 0.2) is 5.96 Å². The van der Waals surface area contributed by atoms with Gasteiger partial charge >= 0.3 is 0 Å². The Bertz CT molecular complexity index is 342. The van der Waals surface area contributed by atoms with Crippen molar-refractivity contribution in [2.75, 3.05) is 26.7 Å². The van der Waals surface area contributed by atoms with E-state index in [1.807, 2.05) is 0 Å². The molecular weight excluding hydrogens is 353 g/mol. The van der Waals surface area contributed by atoms with Gasteiger partial charge in [0.25, 0.3) is 0 Å². The lowest BCUT2D eigenvalue weighted by atomic mass is 9.60. The quantitative estimate of drug-likeness (QED) is 0.765. The summed E-state index contributed by atoms with van der Waals surface area (Å²) in [6.07, 6.45) is 7.02. The molecular formula is C14H26IN3O. The van der Waals surface area contributed by atoms with Crippen LogP contribution in [0.5, 0.6) is 0 Å². The molecule has 2 atom stereocenters. The van der Waals surface area contributed by atoms with Crippen molar-refractivity contribution in [3.63, 3.8) is 0 Å². The molecule has 1 spiro atoms. The summed E-state index contributed by atoms with van der Waals surface area (Å²) in [5.41, 5.74) is 0.405. The molecule has 5 heteroatoms. The molecule has 0 aromatic carbocycles. The first-order valence-electron chi connectivity index (χ1n) is 7.40. The molecule has 19 heavy (non-hydrogen) atoms. The van der Waals surface area contributed by atoms with Crippen LogP contribution >= 0.6 is 24.0 Å². The number of aliphatic imine (C=N–C) groups is 1. The maximum Gasteiger partial charge on any atom is 0.194 e. The smallest absolute Gasteiger partial charge is 0.194 e. The summed E-state index contributed by atoms with van der Waals surface area (Å²) in [4.78, 5) is 6.79. The van der Waals surface area contributed by atoms with Gasteiger partial charge in [0, 0.05) is 31.7 Å². The van der Waals surface area contributed by atoms with Crippen LogP contribution in [0.25, 0.3) is 0 Å². The van der Waals surface area contributed by atoms with E-state index in [1.165, 1.54) is 25.7 Å². The van der Waals surface area contributed by atoms with Crippen LogP contribution in [0.2, 0.25) is 0 Å². The Hall–Kier alpha value is -0.0400. The summed E-state index contributed by atoms with van der Waals surface area (Å²) < 4.78 is 5.94. The monoisotopic (exact) mass is 379 g/mol. The molecule has 0 bridgehead atoms. The number of hydrogen-bond donors (Lipinski definition) is 1. The third-order valence-corrected chi connectivity index (χ3v) is 5.05. The van der Waals surface area contributed by atoms with Crippen LogP contribution < -0.4 is 5.32 Å². The Kier molecular flexibility index (Phi) is 4.98. The molecule has 2 saturated carbocycles. The summed E-state index contributed by atoms with van der Waals surface area (Å²) in [5.74, 6) is 1.10. The third kappa shape index (κ3) is 2.60. The second-order valence-corrected chi connectivity index (χ2v) is 5.94. The van der Waals surface area contributed by atoms with Gasteiger partial charge in [-0.3, -0.25) is 4.99 Å². The van der Waals surface area contributed by atoms with E-state index in [0.717, 1.165) is 32.1 Å². The van der Waals surface area contributed by atoms with E-state index in [0.29, 0.717) is 17.6 Å². The van der Waals surface area contributed by atoms with Crippen LogP contribution in [0.15, 0.2) is 4.99 Å². The van der Waals surface area contributed by atoms with Crippen molar-refractivity contribution in [3.05, 3.63) is 0 Å². The Morgan fingerprint density at radius 1 is 1.42 bits per heavy atom. The highest BCUT2D eigenvalue weighted by Gasteiger charge is 2.57. The minimum Gasteiger partial charge on any atom is -0.378 e. The van der Waals surface area contributed by atoms with Gasteiger partial charge in [-0.25, -0.2) is 0 Å². The van der Waals surface area contributed by atoms with Crippen LogP contribution in [0.1, 0.15) is 39.0 Å². The second kappa shape index (κ2) is 6.16. The van der Waals surface area contributed by atoms with E-state index in [-0.39, 0.29) is 24.0 Å². The maximum atomic E-state index is 5.94. The Morgan fingerprint density at radius 3 is 2.74 bits per heavy atom. The minimum absolute atomic E-state index is 0. The number of rotatable bonds is 3. The van der Waals surface area contributed by atoms with E-state index in [2.05, 4.69) is 29.2 Å². The molecule has 1 N–H and O–H groups in total. The van der Waals surface area contributed by atoms with Gasteiger partial charge < -0.3 is 15.0 Å². The third-order valence-electron chi connectivity index (χ3n) is 5.05. The van der Waals surface area contributed by atoms with E-state index in [1.54, 1.807) is 0 Å². The van der Waals surface area contributed by atoms with Crippen LogP contribution in [-0.2, 0) is 4.74 Å². The first kappa shape index (κ1) is 15.4. The minimum atomic E-state index is 0. The number of ether oxygens (including phenoxy) is 1. The largest absolute Gasteiger partial charge is 0.378 e. The van der Waals surface area contributed by atoms with Crippen molar-refractivity contribution < 1.29 is 4.74 Å². The van der Waals surface area contributed by atoms with Crippen LogP contribution in [0.4, 0.5) is 0 Å². The van der Waals surface area contributed by atoms with Gasteiger partial charge in [-0.2, -0.15) is 0 Å². The first-order valence-corrected chi connectivity index (χ1v) is 7.40. The normalized spacial score (nSPS) is 31.9. The van der Waals surface area contributed by atoms with Crippen molar-refractivity contribution in [2.24, 2.45) is 10.4 Å². The number of halogens is 1. The van der Waals surface area contributed by atoms with Gasteiger partial charge in [0.2, 0.25) is 0 Å². The first-order chi connectivity index (χ1) is 8.76. The zero-order valence-corrected chi connectivity index (χ0v) is 14.4. The predicted molar refractivity (Wildman–Crippen MR) is 88.2 cm³/mol. The molecule has 4 nitrogen and oxygen atoms in total. The van der Waals surface area contributed by atoms with Crippen molar-refractivity contribution in [1.29, 1.82) is 0 Å². The zero-order valence-electron chi connectivity index (χ0n) is 12.0. The lowest BCUT2D eigenvalue weighted by Gasteiger charge is -2.54. The predicted octanol–water partition coefficient (Wildman–Crippen LogP) is 2.23. The van der Waals surface area contributed by atoms with Gasteiger partial charge in [-0.1, -0.05) is 12.8 Å². The van der Waals surface area contributed by atoms with Gasteiger partial charge in [0.05, 0.1) is 12.6 Å². The standard InChI is InChI=1S/C14H25N3O.HI/c1-3-18-12-10-11(14(12)6-4-5-7-14)16-13-15-8-9-17(13)2;/h11-12H,3-10H2,1-2H3,(H,15,16);1H. The summed E-state index contributed by atoms with van der Waals surface area (Å²) >= 11 is 0. The van der Waals surface area contributed by atoms with E-state index < -0.39 is 0 Å². The molecule has 0 radical (unpaired) electrons.